The lowest BCUT2D eigenvalue weighted by Crippen LogP contribution is -2.24. The van der Waals surface area contributed by atoms with Gasteiger partial charge < -0.3 is 19.9 Å². The van der Waals surface area contributed by atoms with Crippen LogP contribution in [-0.2, 0) is 9.47 Å². The van der Waals surface area contributed by atoms with Crippen LogP contribution in [0.5, 0.6) is 0 Å². The Hall–Kier alpha value is -1.15. The summed E-state index contributed by atoms with van der Waals surface area (Å²) in [5.41, 5.74) is -0.339. The van der Waals surface area contributed by atoms with Crippen LogP contribution in [0, 0.1) is 0 Å². The van der Waals surface area contributed by atoms with E-state index in [1.54, 1.807) is 0 Å². The number of carboxylic acids is 1. The van der Waals surface area contributed by atoms with Gasteiger partial charge in [0.2, 0.25) is 5.28 Å². The number of aromatic nitrogens is 2. The molecule has 7 nitrogen and oxygen atoms in total. The van der Waals surface area contributed by atoms with Crippen molar-refractivity contribution in [1.82, 2.24) is 9.97 Å². The molecule has 1 aromatic heterocycles. The first-order chi connectivity index (χ1) is 9.47. The van der Waals surface area contributed by atoms with E-state index in [4.69, 9.17) is 37.8 Å². The van der Waals surface area contributed by atoms with Crippen LogP contribution in [0.4, 0.5) is 5.82 Å². The van der Waals surface area contributed by atoms with Crippen LogP contribution in [0.3, 0.4) is 0 Å². The maximum absolute atomic E-state index is 11.0. The quantitative estimate of drug-likeness (QED) is 0.582. The highest BCUT2D eigenvalue weighted by molar-refractivity contribution is 6.36. The minimum atomic E-state index is -1.27. The van der Waals surface area contributed by atoms with Gasteiger partial charge in [0.05, 0.1) is 19.8 Å². The third-order valence-corrected chi connectivity index (χ3v) is 3.01. The lowest BCUT2D eigenvalue weighted by Gasteiger charge is -2.16. The summed E-state index contributed by atoms with van der Waals surface area (Å²) in [4.78, 5) is 18.4. The molecule has 0 spiro atoms. The van der Waals surface area contributed by atoms with Gasteiger partial charge in [-0.1, -0.05) is 11.6 Å². The smallest absolute Gasteiger partial charge is 0.356 e. The minimum absolute atomic E-state index is 0.0840. The number of hydrogen-bond donors (Lipinski definition) is 2. The van der Waals surface area contributed by atoms with Gasteiger partial charge in [-0.25, -0.2) is 9.78 Å². The van der Waals surface area contributed by atoms with Crippen molar-refractivity contribution in [2.75, 3.05) is 25.1 Å². The summed E-state index contributed by atoms with van der Waals surface area (Å²) in [6.07, 6.45) is 0.192. The maximum atomic E-state index is 11.0. The normalized spacial score (nSPS) is 18.6. The predicted molar refractivity (Wildman–Crippen MR) is 72.7 cm³/mol. The summed E-state index contributed by atoms with van der Waals surface area (Å²) < 4.78 is 10.4. The molecular weight excluding hydrogens is 309 g/mol. The highest BCUT2D eigenvalue weighted by Crippen LogP contribution is 2.25. The molecule has 110 valence electrons. The molecule has 2 atom stereocenters. The second kappa shape index (κ2) is 6.53. The third-order valence-electron chi connectivity index (χ3n) is 2.48. The number of carboxylic acid groups (broad SMARTS) is 1. The van der Waals surface area contributed by atoms with E-state index in [-0.39, 0.29) is 34.0 Å². The van der Waals surface area contributed by atoms with E-state index in [2.05, 4.69) is 15.3 Å². The van der Waals surface area contributed by atoms with E-state index in [1.165, 1.54) is 0 Å². The lowest BCUT2D eigenvalue weighted by molar-refractivity contribution is 0.0690. The van der Waals surface area contributed by atoms with Crippen LogP contribution >= 0.6 is 23.2 Å². The van der Waals surface area contributed by atoms with Crippen LogP contribution in [-0.4, -0.2) is 53.0 Å². The van der Waals surface area contributed by atoms with E-state index in [0.29, 0.717) is 13.2 Å². The van der Waals surface area contributed by atoms with Crippen LogP contribution in [0.25, 0.3) is 0 Å². The molecule has 9 heteroatoms. The van der Waals surface area contributed by atoms with Gasteiger partial charge in [-0.05, 0) is 18.5 Å². The summed E-state index contributed by atoms with van der Waals surface area (Å²) in [7, 11) is 0. The van der Waals surface area contributed by atoms with Crippen molar-refractivity contribution in [3.8, 4) is 0 Å². The fourth-order valence-corrected chi connectivity index (χ4v) is 1.86. The molecule has 1 aliphatic heterocycles. The molecule has 2 heterocycles. The summed E-state index contributed by atoms with van der Waals surface area (Å²) >= 11 is 11.6. The number of rotatable bonds is 7. The van der Waals surface area contributed by atoms with E-state index in [9.17, 15) is 4.79 Å². The molecule has 0 aliphatic carbocycles. The predicted octanol–water partition coefficient (Wildman–Crippen LogP) is 1.70. The van der Waals surface area contributed by atoms with Gasteiger partial charge in [-0.15, -0.1) is 0 Å². The van der Waals surface area contributed by atoms with Gasteiger partial charge in [0.15, 0.2) is 11.5 Å². The molecule has 20 heavy (non-hydrogen) atoms. The molecule has 0 radical (unpaired) electrons. The fraction of sp³-hybridized carbons (Fsp3) is 0.545. The average molecular weight is 322 g/mol. The van der Waals surface area contributed by atoms with Crippen LogP contribution < -0.4 is 5.32 Å². The Morgan fingerprint density at radius 3 is 2.90 bits per heavy atom. The van der Waals surface area contributed by atoms with Gasteiger partial charge >= 0.3 is 5.97 Å². The van der Waals surface area contributed by atoms with Crippen molar-refractivity contribution < 1.29 is 19.4 Å². The standard InChI is InChI=1S/C11H13Cl2N3O4/c1-5(2-19-3-6-4-20-6)14-9-7(12)8(10(17)18)15-11(13)16-9/h5-6H,2-4H2,1H3,(H,17,18)(H,14,15,16). The molecular formula is C11H13Cl2N3O4. The first-order valence-corrected chi connectivity index (χ1v) is 6.65. The summed E-state index contributed by atoms with van der Waals surface area (Å²) in [6, 6.07) is -0.126. The average Bonchev–Trinajstić information content (AvgIpc) is 3.17. The topological polar surface area (TPSA) is 96.9 Å². The van der Waals surface area contributed by atoms with E-state index < -0.39 is 5.97 Å². The van der Waals surface area contributed by atoms with Crippen molar-refractivity contribution >= 4 is 35.0 Å². The van der Waals surface area contributed by atoms with Crippen molar-refractivity contribution in [3.63, 3.8) is 0 Å². The van der Waals surface area contributed by atoms with Gasteiger partial charge in [-0.3, -0.25) is 0 Å². The molecule has 1 saturated heterocycles. The van der Waals surface area contributed by atoms with Gasteiger partial charge in [-0.2, -0.15) is 4.98 Å². The Morgan fingerprint density at radius 1 is 1.60 bits per heavy atom. The minimum Gasteiger partial charge on any atom is -0.476 e. The number of epoxide rings is 1. The zero-order chi connectivity index (χ0) is 14.7. The largest absolute Gasteiger partial charge is 0.476 e. The van der Waals surface area contributed by atoms with Gasteiger partial charge in [0.25, 0.3) is 0 Å². The number of halogens is 2. The van der Waals surface area contributed by atoms with Gasteiger partial charge in [0.1, 0.15) is 11.1 Å². The van der Waals surface area contributed by atoms with E-state index >= 15 is 0 Å². The molecule has 2 unspecified atom stereocenters. The fourth-order valence-electron chi connectivity index (χ4n) is 1.47. The molecule has 0 amide bonds. The Kier molecular flexibility index (Phi) is 4.98. The second-order valence-electron chi connectivity index (χ2n) is 4.35. The number of carbonyl (C=O) groups is 1. The second-order valence-corrected chi connectivity index (χ2v) is 5.06. The molecule has 2 N–H and O–H groups in total. The highest BCUT2D eigenvalue weighted by atomic mass is 35.5. The molecule has 0 aromatic carbocycles. The van der Waals surface area contributed by atoms with Gasteiger partial charge in [0, 0.05) is 6.04 Å². The number of ether oxygens (including phenoxy) is 2. The Morgan fingerprint density at radius 2 is 2.30 bits per heavy atom. The molecule has 0 saturated carbocycles. The molecule has 1 aliphatic rings. The summed E-state index contributed by atoms with van der Waals surface area (Å²) in [6.45, 7) is 3.52. The summed E-state index contributed by atoms with van der Waals surface area (Å²) in [5, 5.41) is 11.6. The molecule has 1 fully saturated rings. The molecule has 2 rings (SSSR count). The van der Waals surface area contributed by atoms with E-state index in [1.807, 2.05) is 6.92 Å². The monoisotopic (exact) mass is 321 g/mol. The number of nitrogens with zero attached hydrogens (tertiary/aromatic N) is 2. The number of aromatic carboxylic acids is 1. The Bertz CT molecular complexity index is 511. The first kappa shape index (κ1) is 15.2. The SMILES string of the molecule is CC(COCC1CO1)Nc1nc(Cl)nc(C(=O)O)c1Cl. The third kappa shape index (κ3) is 4.17. The molecule has 0 bridgehead atoms. The molecule has 1 aromatic rings. The highest BCUT2D eigenvalue weighted by Gasteiger charge is 2.23. The number of anilines is 1. The lowest BCUT2D eigenvalue weighted by atomic mass is 10.3. The van der Waals surface area contributed by atoms with Crippen molar-refractivity contribution in [1.29, 1.82) is 0 Å². The summed E-state index contributed by atoms with van der Waals surface area (Å²) in [5.74, 6) is -1.10. The zero-order valence-electron chi connectivity index (χ0n) is 10.6. The van der Waals surface area contributed by atoms with E-state index in [0.717, 1.165) is 6.61 Å². The Labute approximate surface area is 125 Å². The van der Waals surface area contributed by atoms with Crippen LogP contribution in [0.15, 0.2) is 0 Å². The zero-order valence-corrected chi connectivity index (χ0v) is 12.1. The van der Waals surface area contributed by atoms with Crippen molar-refractivity contribution in [3.05, 3.63) is 16.0 Å². The Balaban J connectivity index is 1.98. The van der Waals surface area contributed by atoms with Crippen LogP contribution in [0.1, 0.15) is 17.4 Å². The first-order valence-electron chi connectivity index (χ1n) is 5.89. The maximum Gasteiger partial charge on any atom is 0.356 e. The van der Waals surface area contributed by atoms with Crippen LogP contribution in [0.2, 0.25) is 10.3 Å². The van der Waals surface area contributed by atoms with Crippen molar-refractivity contribution in [2.45, 2.75) is 19.1 Å². The number of nitrogens with one attached hydrogen (secondary N) is 1. The number of hydrogen-bond acceptors (Lipinski definition) is 6. The van der Waals surface area contributed by atoms with Crippen molar-refractivity contribution in [2.24, 2.45) is 0 Å².